The minimum absolute atomic E-state index is 0.0198. The Morgan fingerprint density at radius 2 is 2.33 bits per heavy atom. The van der Waals surface area contributed by atoms with Crippen LogP contribution in [-0.2, 0) is 4.74 Å². The van der Waals surface area contributed by atoms with Crippen LogP contribution in [0.25, 0.3) is 0 Å². The van der Waals surface area contributed by atoms with Gasteiger partial charge in [-0.3, -0.25) is 4.79 Å². The van der Waals surface area contributed by atoms with Crippen molar-refractivity contribution in [2.45, 2.75) is 13.3 Å². The zero-order valence-corrected chi connectivity index (χ0v) is 10.2. The monoisotopic (exact) mass is 244 g/mol. The van der Waals surface area contributed by atoms with Crippen LogP contribution in [0.2, 0.25) is 4.34 Å². The van der Waals surface area contributed by atoms with Gasteiger partial charge in [0.2, 0.25) is 0 Å². The summed E-state index contributed by atoms with van der Waals surface area (Å²) in [7, 11) is 0. The molecule has 1 aromatic rings. The van der Waals surface area contributed by atoms with Crippen molar-refractivity contribution in [1.29, 1.82) is 0 Å². The Kier molecular flexibility index (Phi) is 5.02. The molecule has 0 saturated heterocycles. The number of hydrogen-bond acceptors (Lipinski definition) is 3. The maximum absolute atomic E-state index is 11.5. The van der Waals surface area contributed by atoms with E-state index in [0.717, 1.165) is 12.0 Å². The van der Waals surface area contributed by atoms with Gasteiger partial charge in [-0.2, -0.15) is 0 Å². The third-order valence-electron chi connectivity index (χ3n) is 1.75. The highest BCUT2D eigenvalue weighted by atomic mass is 35.5. The van der Waals surface area contributed by atoms with E-state index in [1.807, 2.05) is 6.92 Å². The molecule has 82 valence electrons. The minimum Gasteiger partial charge on any atom is -0.373 e. The first kappa shape index (κ1) is 12.4. The van der Waals surface area contributed by atoms with Crippen molar-refractivity contribution in [2.75, 3.05) is 13.2 Å². The van der Waals surface area contributed by atoms with Crippen molar-refractivity contribution >= 4 is 28.7 Å². The second kappa shape index (κ2) is 6.05. The van der Waals surface area contributed by atoms with Gasteiger partial charge >= 0.3 is 0 Å². The van der Waals surface area contributed by atoms with E-state index in [0.29, 0.717) is 15.8 Å². The van der Waals surface area contributed by atoms with Gasteiger partial charge in [-0.1, -0.05) is 17.2 Å². The van der Waals surface area contributed by atoms with Crippen LogP contribution in [-0.4, -0.2) is 19.0 Å². The molecule has 1 heterocycles. The number of thiophene rings is 1. The van der Waals surface area contributed by atoms with Crippen LogP contribution in [0, 0.1) is 0 Å². The summed E-state index contributed by atoms with van der Waals surface area (Å²) in [5.74, 6) is -0.0198. The van der Waals surface area contributed by atoms with E-state index >= 15 is 0 Å². The smallest absolute Gasteiger partial charge is 0.198 e. The molecule has 0 fully saturated rings. The predicted octanol–water partition coefficient (Wildman–Crippen LogP) is 3.57. The molecule has 0 aliphatic heterocycles. The fourth-order valence-electron chi connectivity index (χ4n) is 0.947. The first-order valence-electron chi connectivity index (χ1n) is 4.60. The maximum atomic E-state index is 11.5. The molecule has 0 bridgehead atoms. The van der Waals surface area contributed by atoms with Crippen molar-refractivity contribution < 1.29 is 9.53 Å². The van der Waals surface area contributed by atoms with Crippen LogP contribution in [0.3, 0.4) is 0 Å². The van der Waals surface area contributed by atoms with Gasteiger partial charge in [-0.05, 0) is 25.5 Å². The zero-order chi connectivity index (χ0) is 11.3. The van der Waals surface area contributed by atoms with Crippen molar-refractivity contribution in [3.63, 3.8) is 0 Å². The van der Waals surface area contributed by atoms with E-state index in [4.69, 9.17) is 16.3 Å². The van der Waals surface area contributed by atoms with Crippen molar-refractivity contribution in [1.82, 2.24) is 0 Å². The lowest BCUT2D eigenvalue weighted by Crippen LogP contribution is -2.08. The van der Waals surface area contributed by atoms with Gasteiger partial charge in [-0.15, -0.1) is 17.9 Å². The molecule has 1 aromatic heterocycles. The van der Waals surface area contributed by atoms with Crippen LogP contribution >= 0.6 is 22.9 Å². The molecule has 0 unspecified atom stereocenters. The summed E-state index contributed by atoms with van der Waals surface area (Å²) < 4.78 is 5.85. The molecule has 0 saturated carbocycles. The van der Waals surface area contributed by atoms with E-state index in [2.05, 4.69) is 6.58 Å². The summed E-state index contributed by atoms with van der Waals surface area (Å²) in [6.45, 7) is 6.34. The van der Waals surface area contributed by atoms with Crippen molar-refractivity contribution in [2.24, 2.45) is 0 Å². The number of hydrogen-bond donors (Lipinski definition) is 0. The molecule has 15 heavy (non-hydrogen) atoms. The van der Waals surface area contributed by atoms with Gasteiger partial charge < -0.3 is 4.74 Å². The molecular formula is C11H13ClO2S. The Morgan fingerprint density at radius 1 is 1.60 bits per heavy atom. The third kappa shape index (κ3) is 4.60. The Bertz CT molecular complexity index is 357. The average molecular weight is 245 g/mol. The lowest BCUT2D eigenvalue weighted by atomic mass is 10.3. The summed E-state index contributed by atoms with van der Waals surface area (Å²) in [5, 5.41) is 0. The molecule has 0 aliphatic rings. The van der Waals surface area contributed by atoms with Crippen LogP contribution in [0.5, 0.6) is 0 Å². The first-order valence-corrected chi connectivity index (χ1v) is 5.79. The molecule has 0 spiro atoms. The molecule has 0 aliphatic carbocycles. The van der Waals surface area contributed by atoms with Gasteiger partial charge in [0.15, 0.2) is 5.78 Å². The molecule has 0 aromatic carbocycles. The van der Waals surface area contributed by atoms with Gasteiger partial charge in [0.05, 0.1) is 15.8 Å². The first-order chi connectivity index (χ1) is 7.09. The zero-order valence-electron chi connectivity index (χ0n) is 8.59. The highest BCUT2D eigenvalue weighted by Crippen LogP contribution is 2.21. The van der Waals surface area contributed by atoms with Gasteiger partial charge in [0.25, 0.3) is 0 Å². The number of carbonyl (C=O) groups is 1. The minimum atomic E-state index is -0.0198. The third-order valence-corrected chi connectivity index (χ3v) is 3.03. The van der Waals surface area contributed by atoms with Crippen molar-refractivity contribution in [3.8, 4) is 0 Å². The summed E-state index contributed by atoms with van der Waals surface area (Å²) in [6.07, 6.45) is 0.790. The van der Waals surface area contributed by atoms with E-state index in [1.165, 1.54) is 11.3 Å². The topological polar surface area (TPSA) is 26.3 Å². The van der Waals surface area contributed by atoms with E-state index < -0.39 is 0 Å². The van der Waals surface area contributed by atoms with E-state index in [1.54, 1.807) is 12.1 Å². The summed E-state index contributed by atoms with van der Waals surface area (Å²) in [4.78, 5) is 12.2. The van der Waals surface area contributed by atoms with Crippen molar-refractivity contribution in [3.05, 3.63) is 33.5 Å². The fraction of sp³-hybridized carbons (Fsp3) is 0.364. The number of rotatable bonds is 6. The molecule has 1 rings (SSSR count). The quantitative estimate of drug-likeness (QED) is 0.435. The molecule has 0 N–H and O–H groups in total. The van der Waals surface area contributed by atoms with Crippen LogP contribution < -0.4 is 0 Å². The Morgan fingerprint density at radius 3 is 2.87 bits per heavy atom. The van der Waals surface area contributed by atoms with Crippen LogP contribution in [0.15, 0.2) is 24.3 Å². The Labute approximate surface area is 98.5 Å². The highest BCUT2D eigenvalue weighted by molar-refractivity contribution is 7.18. The normalized spacial score (nSPS) is 10.3. The molecule has 0 amide bonds. The summed E-state index contributed by atoms with van der Waals surface area (Å²) in [5.41, 5.74) is 1.06. The number of ketones is 1. The largest absolute Gasteiger partial charge is 0.373 e. The van der Waals surface area contributed by atoms with E-state index in [9.17, 15) is 4.79 Å². The SMILES string of the molecule is C=C(C)CCOCC(=O)c1ccc(Cl)s1. The standard InChI is InChI=1S/C11H13ClO2S/c1-8(2)5-6-14-7-9(13)10-3-4-11(12)15-10/h3-4H,1,5-7H2,2H3. The molecule has 0 radical (unpaired) electrons. The van der Waals surface area contributed by atoms with Gasteiger partial charge in [0.1, 0.15) is 6.61 Å². The fourth-order valence-corrected chi connectivity index (χ4v) is 1.91. The highest BCUT2D eigenvalue weighted by Gasteiger charge is 2.08. The van der Waals surface area contributed by atoms with Crippen LogP contribution in [0.1, 0.15) is 23.0 Å². The lowest BCUT2D eigenvalue weighted by Gasteiger charge is -2.01. The second-order valence-electron chi connectivity index (χ2n) is 3.29. The number of carbonyl (C=O) groups excluding carboxylic acids is 1. The van der Waals surface area contributed by atoms with E-state index in [-0.39, 0.29) is 12.4 Å². The summed E-state index contributed by atoms with van der Waals surface area (Å²) in [6, 6.07) is 3.44. The molecule has 2 nitrogen and oxygen atoms in total. The number of halogens is 1. The predicted molar refractivity (Wildman–Crippen MR) is 63.9 cm³/mol. The maximum Gasteiger partial charge on any atom is 0.198 e. The van der Waals surface area contributed by atoms with Gasteiger partial charge in [0, 0.05) is 0 Å². The van der Waals surface area contributed by atoms with Gasteiger partial charge in [-0.25, -0.2) is 0 Å². The van der Waals surface area contributed by atoms with Crippen LogP contribution in [0.4, 0.5) is 0 Å². The second-order valence-corrected chi connectivity index (χ2v) is 5.00. The Hall–Kier alpha value is -0.640. The Balaban J connectivity index is 2.28. The summed E-state index contributed by atoms with van der Waals surface area (Å²) >= 11 is 7.00. The molecule has 4 heteroatoms. The lowest BCUT2D eigenvalue weighted by molar-refractivity contribution is 0.0769. The number of ether oxygens (including phenoxy) is 1. The average Bonchev–Trinajstić information content (AvgIpc) is 2.59. The molecule has 0 atom stereocenters. The molecular weight excluding hydrogens is 232 g/mol. The number of Topliss-reactive ketones (excluding diaryl/α,β-unsaturated/α-hetero) is 1.